The van der Waals surface area contributed by atoms with Gasteiger partial charge in [0.2, 0.25) is 11.8 Å². The number of allylic oxidation sites excluding steroid dienone is 2. The van der Waals surface area contributed by atoms with Crippen LogP contribution in [0, 0.1) is 5.92 Å². The molecule has 3 aliphatic rings. The number of esters is 1. The maximum Gasteiger partial charge on any atom is 0.407 e. The Morgan fingerprint density at radius 3 is 2.36 bits per heavy atom. The van der Waals surface area contributed by atoms with Crippen LogP contribution in [0.3, 0.4) is 0 Å². The molecule has 3 amide bonds. The van der Waals surface area contributed by atoms with Crippen molar-refractivity contribution in [2.75, 3.05) is 19.8 Å². The number of alkyl carbamates (subject to hydrolysis) is 1. The number of aliphatic hydroxyl groups is 1. The van der Waals surface area contributed by atoms with Gasteiger partial charge >= 0.3 is 12.1 Å². The summed E-state index contributed by atoms with van der Waals surface area (Å²) in [5.74, 6) is -2.02. The van der Waals surface area contributed by atoms with E-state index in [-0.39, 0.29) is 62.9 Å². The number of H-pyrrole nitrogens is 1. The normalized spacial score (nSPS) is 21.0. The Balaban J connectivity index is 0.979. The van der Waals surface area contributed by atoms with Gasteiger partial charge in [0.25, 0.3) is 0 Å². The van der Waals surface area contributed by atoms with Crippen molar-refractivity contribution in [3.8, 4) is 11.1 Å². The number of para-hydroxylation sites is 1. The summed E-state index contributed by atoms with van der Waals surface area (Å²) in [6.07, 6.45) is 6.63. The molecule has 11 nitrogen and oxygen atoms in total. The van der Waals surface area contributed by atoms with Crippen molar-refractivity contribution >= 4 is 34.8 Å². The van der Waals surface area contributed by atoms with Crippen LogP contribution in [0.25, 0.3) is 22.0 Å². The number of hydrogen-bond donors (Lipinski definition) is 4. The maximum atomic E-state index is 14.1. The fourth-order valence-electron chi connectivity index (χ4n) is 8.65. The predicted octanol–water partition coefficient (Wildman–Crippen LogP) is 6.34. The van der Waals surface area contributed by atoms with Crippen LogP contribution in [0.2, 0.25) is 0 Å². The molecule has 0 bridgehead atoms. The molecule has 0 spiro atoms. The van der Waals surface area contributed by atoms with Crippen LogP contribution in [0.15, 0.2) is 115 Å². The molecule has 0 saturated heterocycles. The summed E-state index contributed by atoms with van der Waals surface area (Å²) >= 11 is 0. The smallest absolute Gasteiger partial charge is 0.407 e. The third-order valence-electron chi connectivity index (χ3n) is 11.7. The zero-order valence-corrected chi connectivity index (χ0v) is 32.3. The highest BCUT2D eigenvalue weighted by Gasteiger charge is 2.34. The number of rotatable bonds is 8. The molecule has 11 heteroatoms. The number of aromatic amines is 1. The first-order valence-electron chi connectivity index (χ1n) is 20.1. The number of ether oxygens (including phenoxy) is 2. The van der Waals surface area contributed by atoms with Gasteiger partial charge in [-0.25, -0.2) is 9.59 Å². The molecule has 1 aromatic heterocycles. The zero-order chi connectivity index (χ0) is 40.0. The van der Waals surface area contributed by atoms with E-state index in [4.69, 9.17) is 9.47 Å². The summed E-state index contributed by atoms with van der Waals surface area (Å²) in [7, 11) is 0. The van der Waals surface area contributed by atoms with Crippen LogP contribution in [-0.2, 0) is 43.2 Å². The average Bonchev–Trinajstić information content (AvgIpc) is 3.81. The van der Waals surface area contributed by atoms with E-state index in [0.717, 1.165) is 49.8 Å². The second-order valence-electron chi connectivity index (χ2n) is 15.4. The van der Waals surface area contributed by atoms with E-state index in [9.17, 15) is 24.3 Å². The molecule has 4 aromatic carbocycles. The largest absolute Gasteiger partial charge is 0.462 e. The monoisotopic (exact) mass is 780 g/mol. The van der Waals surface area contributed by atoms with Crippen molar-refractivity contribution in [3.63, 3.8) is 0 Å². The van der Waals surface area contributed by atoms with Gasteiger partial charge in [0, 0.05) is 36.0 Å². The lowest BCUT2D eigenvalue weighted by Crippen LogP contribution is -2.49. The summed E-state index contributed by atoms with van der Waals surface area (Å²) in [4.78, 5) is 60.1. The Kier molecular flexibility index (Phi) is 11.7. The van der Waals surface area contributed by atoms with E-state index in [0.29, 0.717) is 25.8 Å². The molecular formula is C47H48N4O7. The highest BCUT2D eigenvalue weighted by Crippen LogP contribution is 2.44. The van der Waals surface area contributed by atoms with Gasteiger partial charge in [-0.05, 0) is 77.1 Å². The minimum absolute atomic E-state index is 0.0552. The lowest BCUT2D eigenvalue weighted by Gasteiger charge is -2.36. The van der Waals surface area contributed by atoms with Crippen molar-refractivity contribution in [2.45, 2.75) is 69.1 Å². The van der Waals surface area contributed by atoms with E-state index < -0.39 is 30.1 Å². The topological polar surface area (TPSA) is 150 Å². The van der Waals surface area contributed by atoms with Gasteiger partial charge in [0.1, 0.15) is 19.3 Å². The molecule has 298 valence electrons. The molecule has 2 aliphatic heterocycles. The first-order chi connectivity index (χ1) is 28.4. The molecular weight excluding hydrogens is 733 g/mol. The Bertz CT molecular complexity index is 2290. The zero-order valence-electron chi connectivity index (χ0n) is 32.3. The van der Waals surface area contributed by atoms with Gasteiger partial charge < -0.3 is 35.1 Å². The van der Waals surface area contributed by atoms with Crippen molar-refractivity contribution in [2.24, 2.45) is 5.92 Å². The van der Waals surface area contributed by atoms with Gasteiger partial charge in [-0.3, -0.25) is 9.59 Å². The summed E-state index contributed by atoms with van der Waals surface area (Å²) in [6.45, 7) is 0.127. The van der Waals surface area contributed by atoms with Gasteiger partial charge in [0.15, 0.2) is 0 Å². The predicted molar refractivity (Wildman–Crippen MR) is 220 cm³/mol. The minimum atomic E-state index is -1.000. The van der Waals surface area contributed by atoms with Crippen LogP contribution in [0.5, 0.6) is 0 Å². The molecule has 8 rings (SSSR count). The molecule has 1 aliphatic carbocycles. The van der Waals surface area contributed by atoms with Crippen LogP contribution in [-0.4, -0.2) is 76.8 Å². The number of hydrogen-bond acceptors (Lipinski definition) is 7. The maximum absolute atomic E-state index is 14.1. The number of carbonyl (C=O) groups is 4. The Hall–Kier alpha value is -6.20. The molecule has 0 radical (unpaired) electrons. The SMILES string of the molecule is O=C(NC1CCC=CCC(CC(=O)N2Cc3ccccc3CC2CO)C(=O)NC(Cc2c[nH]c3ccccc23)COC1=O)OCC1c2ccccc2-c2ccccc21. The van der Waals surface area contributed by atoms with Gasteiger partial charge in [-0.15, -0.1) is 0 Å². The number of benzene rings is 4. The average molecular weight is 781 g/mol. The molecule has 3 heterocycles. The second-order valence-corrected chi connectivity index (χ2v) is 15.4. The standard InChI is InChI=1S/C47H48N4O7/c52-27-35-23-30-12-4-5-14-32(30)26-51(35)44(53)24-31-13-2-1-3-21-43(46(55)57-28-34(49-45(31)54)22-33-25-48-42-20-11-10-15-36(33)42)50-47(56)58-29-41-39-18-8-6-16-37(39)38-17-7-9-19-40(38)41/h1-2,4-12,14-20,25,31,34-35,41,43,48,52H,3,13,21-24,26-29H2,(H,49,54)(H,50,56). The minimum Gasteiger partial charge on any atom is -0.462 e. The van der Waals surface area contributed by atoms with Crippen LogP contribution in [0.4, 0.5) is 4.79 Å². The van der Waals surface area contributed by atoms with Crippen LogP contribution >= 0.6 is 0 Å². The Morgan fingerprint density at radius 1 is 0.879 bits per heavy atom. The van der Waals surface area contributed by atoms with Crippen LogP contribution in [0.1, 0.15) is 59.4 Å². The highest BCUT2D eigenvalue weighted by atomic mass is 16.6. The Morgan fingerprint density at radius 2 is 1.59 bits per heavy atom. The van der Waals surface area contributed by atoms with Gasteiger partial charge in [-0.2, -0.15) is 0 Å². The summed E-state index contributed by atoms with van der Waals surface area (Å²) in [6, 6.07) is 29.9. The van der Waals surface area contributed by atoms with Crippen molar-refractivity contribution in [1.29, 1.82) is 0 Å². The van der Waals surface area contributed by atoms with E-state index in [2.05, 4.69) is 27.8 Å². The molecule has 0 fully saturated rings. The Labute approximate surface area is 337 Å². The molecule has 4 unspecified atom stereocenters. The quantitative estimate of drug-likeness (QED) is 0.106. The first kappa shape index (κ1) is 38.7. The molecule has 4 atom stereocenters. The number of fused-ring (bicyclic) bond motifs is 5. The molecule has 4 N–H and O–H groups in total. The second kappa shape index (κ2) is 17.5. The van der Waals surface area contributed by atoms with Gasteiger partial charge in [-0.1, -0.05) is 103 Å². The number of amides is 3. The lowest BCUT2D eigenvalue weighted by molar-refractivity contribution is -0.147. The molecule has 5 aromatic rings. The third kappa shape index (κ3) is 8.40. The fourth-order valence-corrected chi connectivity index (χ4v) is 8.65. The third-order valence-corrected chi connectivity index (χ3v) is 11.7. The summed E-state index contributed by atoms with van der Waals surface area (Å²) in [5, 5.41) is 17.1. The molecule has 0 saturated carbocycles. The fraction of sp³-hybridized carbons (Fsp3) is 0.319. The summed E-state index contributed by atoms with van der Waals surface area (Å²) in [5.41, 5.74) is 8.40. The van der Waals surface area contributed by atoms with Crippen molar-refractivity contribution < 1.29 is 33.8 Å². The summed E-state index contributed by atoms with van der Waals surface area (Å²) < 4.78 is 11.7. The number of aromatic nitrogens is 1. The highest BCUT2D eigenvalue weighted by molar-refractivity contribution is 5.87. The number of cyclic esters (lactones) is 1. The lowest BCUT2D eigenvalue weighted by atomic mass is 9.92. The number of aliphatic hydroxyl groups excluding tert-OH is 1. The molecule has 58 heavy (non-hydrogen) atoms. The van der Waals surface area contributed by atoms with Crippen LogP contribution < -0.4 is 10.6 Å². The van der Waals surface area contributed by atoms with Crippen molar-refractivity contribution in [3.05, 3.63) is 143 Å². The van der Waals surface area contributed by atoms with E-state index in [1.807, 2.05) is 103 Å². The number of nitrogens with zero attached hydrogens (tertiary/aromatic N) is 1. The van der Waals surface area contributed by atoms with Crippen molar-refractivity contribution in [1.82, 2.24) is 20.5 Å². The van der Waals surface area contributed by atoms with E-state index >= 15 is 0 Å². The van der Waals surface area contributed by atoms with Gasteiger partial charge in [0.05, 0.1) is 24.6 Å². The number of carbonyl (C=O) groups excluding carboxylic acids is 4. The first-order valence-corrected chi connectivity index (χ1v) is 20.1. The number of nitrogens with one attached hydrogen (secondary N) is 3. The van der Waals surface area contributed by atoms with E-state index in [1.54, 1.807) is 4.90 Å². The van der Waals surface area contributed by atoms with E-state index in [1.165, 1.54) is 0 Å².